The number of carboxylic acid groups (broad SMARTS) is 1. The van der Waals surface area contributed by atoms with E-state index in [-0.39, 0.29) is 29.2 Å². The maximum atomic E-state index is 13.2. The molecular weight excluding hydrogens is 364 g/mol. The van der Waals surface area contributed by atoms with Crippen LogP contribution in [0.4, 0.5) is 0 Å². The van der Waals surface area contributed by atoms with Crippen molar-refractivity contribution in [3.63, 3.8) is 0 Å². The number of fused-ring (bicyclic) bond motifs is 1. The second-order valence-corrected chi connectivity index (χ2v) is 8.30. The number of aryl methyl sites for hydroxylation is 1. The Morgan fingerprint density at radius 3 is 2.50 bits per heavy atom. The average molecular weight is 388 g/mol. The van der Waals surface area contributed by atoms with Gasteiger partial charge >= 0.3 is 5.97 Å². The monoisotopic (exact) mass is 388 g/mol. The van der Waals surface area contributed by atoms with Gasteiger partial charge in [0, 0.05) is 24.2 Å². The fraction of sp³-hybridized carbons (Fsp3) is 0.474. The zero-order valence-electron chi connectivity index (χ0n) is 16.3. The van der Waals surface area contributed by atoms with Crippen LogP contribution in [0.25, 0.3) is 11.7 Å². The quantitative estimate of drug-likeness (QED) is 0.667. The molecule has 1 aliphatic carbocycles. The van der Waals surface area contributed by atoms with E-state index in [1.165, 1.54) is 10.6 Å². The molecule has 0 atom stereocenters. The number of amides is 1. The van der Waals surface area contributed by atoms with Crippen molar-refractivity contribution in [3.8, 4) is 5.88 Å². The number of carbonyl (C=O) groups is 2. The van der Waals surface area contributed by atoms with Gasteiger partial charge in [-0.25, -0.2) is 4.79 Å². The van der Waals surface area contributed by atoms with Crippen molar-refractivity contribution in [1.29, 1.82) is 0 Å². The Balaban J connectivity index is 2.32. The smallest absolute Gasteiger partial charge is 0.328 e. The van der Waals surface area contributed by atoms with E-state index in [2.05, 4.69) is 10.4 Å². The molecule has 28 heavy (non-hydrogen) atoms. The normalized spacial score (nSPS) is 14.7. The minimum atomic E-state index is -1.15. The highest BCUT2D eigenvalue weighted by Gasteiger charge is 2.31. The van der Waals surface area contributed by atoms with Gasteiger partial charge in [-0.05, 0) is 31.3 Å². The lowest BCUT2D eigenvalue weighted by molar-refractivity contribution is -0.131. The first-order chi connectivity index (χ1) is 13.0. The zero-order chi connectivity index (χ0) is 20.8. The Bertz CT molecular complexity index is 1050. The highest BCUT2D eigenvalue weighted by atomic mass is 16.4. The van der Waals surface area contributed by atoms with E-state index in [9.17, 15) is 19.5 Å². The van der Waals surface area contributed by atoms with Gasteiger partial charge in [0.05, 0.1) is 5.69 Å². The number of hydrogen-bond donors (Lipinski definition) is 3. The minimum absolute atomic E-state index is 0.0199. The van der Waals surface area contributed by atoms with Gasteiger partial charge in [-0.3, -0.25) is 14.2 Å². The highest BCUT2D eigenvalue weighted by Crippen LogP contribution is 2.26. The molecule has 0 bridgehead atoms. The molecule has 1 amide bonds. The summed E-state index contributed by atoms with van der Waals surface area (Å²) >= 11 is 0. The van der Waals surface area contributed by atoms with Crippen LogP contribution >= 0.6 is 0 Å². The minimum Gasteiger partial charge on any atom is -0.492 e. The van der Waals surface area contributed by atoms with Gasteiger partial charge < -0.3 is 15.5 Å². The average Bonchev–Trinajstić information content (AvgIpc) is 3.30. The first-order valence-corrected chi connectivity index (χ1v) is 9.06. The van der Waals surface area contributed by atoms with Crippen molar-refractivity contribution in [2.75, 3.05) is 0 Å². The van der Waals surface area contributed by atoms with Crippen LogP contribution in [-0.4, -0.2) is 42.3 Å². The third kappa shape index (κ3) is 3.78. The summed E-state index contributed by atoms with van der Waals surface area (Å²) in [5.74, 6) is -2.33. The van der Waals surface area contributed by atoms with Crippen molar-refractivity contribution in [2.24, 2.45) is 5.41 Å². The van der Waals surface area contributed by atoms with Crippen molar-refractivity contribution >= 4 is 23.6 Å². The molecule has 9 heteroatoms. The Hall–Kier alpha value is -3.10. The summed E-state index contributed by atoms with van der Waals surface area (Å²) in [6, 6.07) is 0.0199. The molecule has 0 unspecified atom stereocenters. The molecule has 2 aromatic heterocycles. The lowest BCUT2D eigenvalue weighted by Crippen LogP contribution is -2.37. The van der Waals surface area contributed by atoms with Gasteiger partial charge in [-0.2, -0.15) is 9.61 Å². The van der Waals surface area contributed by atoms with Crippen LogP contribution in [0.3, 0.4) is 0 Å². The standard InChI is InChI=1S/C19H24N4O5/c1-10-12(7-8-13(24)25)16-22(9-19(2,3)4)17(27)14(18(28)23(16)21-10)15(26)20-11-5-6-11/h7-8,11,28H,5-6,9H2,1-4H3,(H,20,26)(H,24,25)/b8-7+. The topological polar surface area (TPSA) is 126 Å². The summed E-state index contributed by atoms with van der Waals surface area (Å²) < 4.78 is 2.51. The van der Waals surface area contributed by atoms with Gasteiger partial charge in [0.25, 0.3) is 11.5 Å². The molecule has 0 saturated heterocycles. The fourth-order valence-electron chi connectivity index (χ4n) is 3.02. The van der Waals surface area contributed by atoms with Gasteiger partial charge in [0.15, 0.2) is 5.56 Å². The van der Waals surface area contributed by atoms with E-state index in [0.29, 0.717) is 11.3 Å². The Morgan fingerprint density at radius 2 is 1.96 bits per heavy atom. The van der Waals surface area contributed by atoms with Gasteiger partial charge in [0.2, 0.25) is 5.88 Å². The van der Waals surface area contributed by atoms with Crippen LogP contribution < -0.4 is 10.9 Å². The number of nitrogens with zero attached hydrogens (tertiary/aromatic N) is 3. The molecule has 0 radical (unpaired) electrons. The van der Waals surface area contributed by atoms with E-state index in [0.717, 1.165) is 23.4 Å². The molecule has 0 aromatic carbocycles. The van der Waals surface area contributed by atoms with Crippen molar-refractivity contribution < 1.29 is 19.8 Å². The van der Waals surface area contributed by atoms with E-state index >= 15 is 0 Å². The number of nitrogens with one attached hydrogen (secondary N) is 1. The molecule has 1 aliphatic rings. The number of aliphatic carboxylic acids is 1. The van der Waals surface area contributed by atoms with E-state index < -0.39 is 23.3 Å². The van der Waals surface area contributed by atoms with Crippen LogP contribution in [0.5, 0.6) is 5.88 Å². The zero-order valence-corrected chi connectivity index (χ0v) is 16.3. The van der Waals surface area contributed by atoms with Gasteiger partial charge in [-0.15, -0.1) is 0 Å². The second kappa shape index (κ2) is 6.81. The van der Waals surface area contributed by atoms with Crippen LogP contribution in [0, 0.1) is 12.3 Å². The molecule has 2 aromatic rings. The molecule has 0 spiro atoms. The first-order valence-electron chi connectivity index (χ1n) is 9.06. The Labute approximate surface area is 161 Å². The molecule has 3 N–H and O–H groups in total. The number of carbonyl (C=O) groups excluding carboxylic acids is 1. The molecule has 9 nitrogen and oxygen atoms in total. The van der Waals surface area contributed by atoms with E-state index in [4.69, 9.17) is 5.11 Å². The van der Waals surface area contributed by atoms with E-state index in [1.54, 1.807) is 6.92 Å². The third-order valence-corrected chi connectivity index (χ3v) is 4.38. The number of rotatable bonds is 5. The lowest BCUT2D eigenvalue weighted by atomic mass is 9.96. The second-order valence-electron chi connectivity index (χ2n) is 8.30. The largest absolute Gasteiger partial charge is 0.492 e. The van der Waals surface area contributed by atoms with Gasteiger partial charge in [0.1, 0.15) is 5.65 Å². The predicted octanol–water partition coefficient (Wildman–Crippen LogP) is 1.55. The SMILES string of the molecule is Cc1nn2c(O)c(C(=O)NC3CC3)c(=O)n(CC(C)(C)C)c2c1/C=C/C(=O)O. The lowest BCUT2D eigenvalue weighted by Gasteiger charge is -2.22. The van der Waals surface area contributed by atoms with E-state index in [1.807, 2.05) is 20.8 Å². The molecule has 2 heterocycles. The highest BCUT2D eigenvalue weighted by molar-refractivity contribution is 5.97. The number of hydrogen-bond acceptors (Lipinski definition) is 5. The number of aromatic nitrogens is 3. The maximum Gasteiger partial charge on any atom is 0.328 e. The molecule has 0 aliphatic heterocycles. The summed E-state index contributed by atoms with van der Waals surface area (Å²) in [7, 11) is 0. The van der Waals surface area contributed by atoms with Crippen molar-refractivity contribution in [3.05, 3.63) is 33.3 Å². The Kier molecular flexibility index (Phi) is 4.78. The number of carboxylic acids is 1. The summed E-state index contributed by atoms with van der Waals surface area (Å²) in [6.45, 7) is 7.69. The molecule has 150 valence electrons. The third-order valence-electron chi connectivity index (χ3n) is 4.38. The molecule has 1 saturated carbocycles. The molecular formula is C19H24N4O5. The first kappa shape index (κ1) is 19.7. The van der Waals surface area contributed by atoms with Crippen LogP contribution in [0.2, 0.25) is 0 Å². The Morgan fingerprint density at radius 1 is 1.32 bits per heavy atom. The fourth-order valence-corrected chi connectivity index (χ4v) is 3.02. The van der Waals surface area contributed by atoms with Crippen LogP contribution in [-0.2, 0) is 11.3 Å². The predicted molar refractivity (Wildman–Crippen MR) is 102 cm³/mol. The maximum absolute atomic E-state index is 13.2. The van der Waals surface area contributed by atoms with Crippen molar-refractivity contribution in [2.45, 2.75) is 53.1 Å². The van der Waals surface area contributed by atoms with Crippen LogP contribution in [0.15, 0.2) is 10.9 Å². The summed E-state index contributed by atoms with van der Waals surface area (Å²) in [5.41, 5.74) is -0.252. The summed E-state index contributed by atoms with van der Waals surface area (Å²) in [5, 5.41) is 26.6. The summed E-state index contributed by atoms with van der Waals surface area (Å²) in [6.07, 6.45) is 3.97. The van der Waals surface area contributed by atoms with Gasteiger partial charge in [-0.1, -0.05) is 20.8 Å². The van der Waals surface area contributed by atoms with Crippen LogP contribution in [0.1, 0.15) is 55.2 Å². The van der Waals surface area contributed by atoms with Crippen molar-refractivity contribution in [1.82, 2.24) is 19.5 Å². The summed E-state index contributed by atoms with van der Waals surface area (Å²) in [4.78, 5) is 36.7. The number of aromatic hydroxyl groups is 1. The molecule has 3 rings (SSSR count). The molecule has 1 fully saturated rings.